The summed E-state index contributed by atoms with van der Waals surface area (Å²) in [5, 5.41) is 0. The first kappa shape index (κ1) is 15.2. The van der Waals surface area contributed by atoms with E-state index in [4.69, 9.17) is 10.5 Å². The third kappa shape index (κ3) is 3.14. The summed E-state index contributed by atoms with van der Waals surface area (Å²) in [5.41, 5.74) is 5.09. The maximum Gasteiger partial charge on any atom is 0.326 e. The molecule has 2 N–H and O–H groups in total. The fourth-order valence-corrected chi connectivity index (χ4v) is 1.77. The lowest BCUT2D eigenvalue weighted by atomic mass is 10.0. The predicted molar refractivity (Wildman–Crippen MR) is 63.2 cm³/mol. The highest BCUT2D eigenvalue weighted by Gasteiger charge is 2.48. The van der Waals surface area contributed by atoms with Crippen molar-refractivity contribution in [2.75, 3.05) is 6.61 Å². The van der Waals surface area contributed by atoms with E-state index in [1.807, 2.05) is 0 Å². The molecule has 0 bridgehead atoms. The smallest absolute Gasteiger partial charge is 0.326 e. The van der Waals surface area contributed by atoms with Crippen LogP contribution >= 0.6 is 15.9 Å². The van der Waals surface area contributed by atoms with E-state index in [1.165, 1.54) is 12.1 Å². The minimum atomic E-state index is -4.31. The van der Waals surface area contributed by atoms with E-state index in [2.05, 4.69) is 15.9 Å². The molecular weight excluding hydrogens is 318 g/mol. The van der Waals surface area contributed by atoms with Crippen LogP contribution in [0.25, 0.3) is 0 Å². The van der Waals surface area contributed by atoms with E-state index in [0.717, 1.165) is 0 Å². The molecule has 0 heterocycles. The van der Waals surface area contributed by atoms with Gasteiger partial charge in [0.05, 0.1) is 6.61 Å². The van der Waals surface area contributed by atoms with Crippen molar-refractivity contribution in [3.63, 3.8) is 0 Å². The first-order valence-corrected chi connectivity index (χ1v) is 5.93. The second-order valence-corrected chi connectivity index (χ2v) is 4.48. The molecule has 102 valence electrons. The summed E-state index contributed by atoms with van der Waals surface area (Å²) < 4.78 is 56.6. The van der Waals surface area contributed by atoms with Gasteiger partial charge >= 0.3 is 12.3 Å². The second-order valence-electron chi connectivity index (χ2n) is 3.57. The van der Waals surface area contributed by atoms with Crippen LogP contribution in [0.4, 0.5) is 17.6 Å². The third-order valence-corrected chi connectivity index (χ3v) is 2.81. The van der Waals surface area contributed by atoms with Crippen LogP contribution in [0.1, 0.15) is 18.5 Å². The SMILES string of the molecule is CCOc1ccc(Br)cc1C(N)C(F)(F)C(F)F. The van der Waals surface area contributed by atoms with Crippen molar-refractivity contribution in [3.05, 3.63) is 28.2 Å². The Balaban J connectivity index is 3.18. The first-order valence-electron chi connectivity index (χ1n) is 5.14. The molecule has 1 aromatic rings. The largest absolute Gasteiger partial charge is 0.494 e. The summed E-state index contributed by atoms with van der Waals surface area (Å²) in [5.74, 6) is -4.24. The normalized spacial score (nSPS) is 13.8. The van der Waals surface area contributed by atoms with Gasteiger partial charge in [-0.05, 0) is 25.1 Å². The van der Waals surface area contributed by atoms with Crippen LogP contribution in [0.15, 0.2) is 22.7 Å². The Hall–Kier alpha value is -0.820. The summed E-state index contributed by atoms with van der Waals surface area (Å²) in [6, 6.07) is 2.09. The molecule has 0 aliphatic carbocycles. The van der Waals surface area contributed by atoms with Gasteiger partial charge in [-0.2, -0.15) is 8.78 Å². The lowest BCUT2D eigenvalue weighted by molar-refractivity contribution is -0.144. The van der Waals surface area contributed by atoms with Gasteiger partial charge in [-0.15, -0.1) is 0 Å². The summed E-state index contributed by atoms with van der Waals surface area (Å²) in [6.07, 6.45) is -3.83. The predicted octanol–water partition coefficient (Wildman–Crippen LogP) is 3.75. The Kier molecular flexibility index (Phi) is 4.98. The molecule has 1 rings (SSSR count). The summed E-state index contributed by atoms with van der Waals surface area (Å²) in [7, 11) is 0. The molecule has 0 aromatic heterocycles. The van der Waals surface area contributed by atoms with Gasteiger partial charge in [-0.1, -0.05) is 15.9 Å². The molecule has 7 heteroatoms. The van der Waals surface area contributed by atoms with Gasteiger partial charge in [-0.25, -0.2) is 8.78 Å². The number of rotatable bonds is 5. The molecule has 0 aliphatic heterocycles. The molecular formula is C11H12BrF4NO. The van der Waals surface area contributed by atoms with Crippen molar-refractivity contribution in [1.29, 1.82) is 0 Å². The molecule has 18 heavy (non-hydrogen) atoms. The van der Waals surface area contributed by atoms with Gasteiger partial charge in [0, 0.05) is 10.0 Å². The Bertz CT molecular complexity index is 414. The van der Waals surface area contributed by atoms with Crippen LogP contribution in [-0.4, -0.2) is 19.0 Å². The van der Waals surface area contributed by atoms with Gasteiger partial charge in [0.2, 0.25) is 0 Å². The topological polar surface area (TPSA) is 35.2 Å². The monoisotopic (exact) mass is 329 g/mol. The quantitative estimate of drug-likeness (QED) is 0.835. The zero-order valence-electron chi connectivity index (χ0n) is 9.47. The average molecular weight is 330 g/mol. The zero-order chi connectivity index (χ0) is 13.9. The van der Waals surface area contributed by atoms with Crippen molar-refractivity contribution < 1.29 is 22.3 Å². The van der Waals surface area contributed by atoms with Crippen molar-refractivity contribution in [3.8, 4) is 5.75 Å². The fraction of sp³-hybridized carbons (Fsp3) is 0.455. The average Bonchev–Trinajstić information content (AvgIpc) is 2.30. The fourth-order valence-electron chi connectivity index (χ4n) is 1.39. The third-order valence-electron chi connectivity index (χ3n) is 2.31. The van der Waals surface area contributed by atoms with Crippen LogP contribution < -0.4 is 10.5 Å². The molecule has 0 saturated heterocycles. The van der Waals surface area contributed by atoms with E-state index < -0.39 is 18.4 Å². The van der Waals surface area contributed by atoms with E-state index in [0.29, 0.717) is 4.47 Å². The molecule has 1 atom stereocenters. The lowest BCUT2D eigenvalue weighted by Crippen LogP contribution is -2.39. The van der Waals surface area contributed by atoms with E-state index in [9.17, 15) is 17.6 Å². The van der Waals surface area contributed by atoms with E-state index >= 15 is 0 Å². The maximum absolute atomic E-state index is 13.2. The van der Waals surface area contributed by atoms with E-state index in [-0.39, 0.29) is 17.9 Å². The highest BCUT2D eigenvalue weighted by atomic mass is 79.9. The number of hydrogen-bond acceptors (Lipinski definition) is 2. The van der Waals surface area contributed by atoms with Gasteiger partial charge in [0.15, 0.2) is 0 Å². The second kappa shape index (κ2) is 5.88. The molecule has 0 amide bonds. The summed E-state index contributed by atoms with van der Waals surface area (Å²) >= 11 is 3.08. The van der Waals surface area contributed by atoms with Crippen LogP contribution in [-0.2, 0) is 0 Å². The Morgan fingerprint density at radius 3 is 2.50 bits per heavy atom. The molecule has 2 nitrogen and oxygen atoms in total. The first-order chi connectivity index (χ1) is 8.30. The Morgan fingerprint density at radius 2 is 2.00 bits per heavy atom. The number of ether oxygens (including phenoxy) is 1. The van der Waals surface area contributed by atoms with Crippen molar-refractivity contribution in [2.24, 2.45) is 5.73 Å². The molecule has 0 fully saturated rings. The number of halogens is 5. The molecule has 0 saturated carbocycles. The zero-order valence-corrected chi connectivity index (χ0v) is 11.1. The van der Waals surface area contributed by atoms with E-state index in [1.54, 1.807) is 13.0 Å². The Labute approximate surface area is 110 Å². The van der Waals surface area contributed by atoms with Crippen molar-refractivity contribution in [2.45, 2.75) is 25.3 Å². The highest BCUT2D eigenvalue weighted by molar-refractivity contribution is 9.10. The molecule has 0 spiro atoms. The number of alkyl halides is 4. The van der Waals surface area contributed by atoms with Crippen molar-refractivity contribution in [1.82, 2.24) is 0 Å². The molecule has 0 radical (unpaired) electrons. The number of nitrogens with two attached hydrogens (primary N) is 1. The molecule has 1 aromatic carbocycles. The van der Waals surface area contributed by atoms with Gasteiger partial charge < -0.3 is 10.5 Å². The maximum atomic E-state index is 13.2. The Morgan fingerprint density at radius 1 is 1.39 bits per heavy atom. The molecule has 1 unspecified atom stereocenters. The van der Waals surface area contributed by atoms with Crippen LogP contribution in [0.5, 0.6) is 5.75 Å². The summed E-state index contributed by atoms with van der Waals surface area (Å²) in [4.78, 5) is 0. The van der Waals surface area contributed by atoms with Gasteiger partial charge in [0.25, 0.3) is 0 Å². The van der Waals surface area contributed by atoms with Crippen LogP contribution in [0.2, 0.25) is 0 Å². The highest BCUT2D eigenvalue weighted by Crippen LogP contribution is 2.39. The minimum absolute atomic E-state index is 0.0773. The standard InChI is InChI=1S/C11H12BrF4NO/c1-2-18-8-4-3-6(12)5-7(8)9(17)11(15,16)10(13)14/h3-5,9-10H,2,17H2,1H3. The number of hydrogen-bond donors (Lipinski definition) is 1. The summed E-state index contributed by atoms with van der Waals surface area (Å²) in [6.45, 7) is 1.88. The van der Waals surface area contributed by atoms with Crippen LogP contribution in [0, 0.1) is 0 Å². The van der Waals surface area contributed by atoms with Crippen LogP contribution in [0.3, 0.4) is 0 Å². The lowest BCUT2D eigenvalue weighted by Gasteiger charge is -2.24. The number of benzene rings is 1. The molecule has 0 aliphatic rings. The van der Waals surface area contributed by atoms with Crippen molar-refractivity contribution >= 4 is 15.9 Å². The van der Waals surface area contributed by atoms with Gasteiger partial charge in [-0.3, -0.25) is 0 Å². The van der Waals surface area contributed by atoms with Gasteiger partial charge in [0.1, 0.15) is 11.8 Å². The minimum Gasteiger partial charge on any atom is -0.494 e.